The summed E-state index contributed by atoms with van der Waals surface area (Å²) in [5.41, 5.74) is 1.15. The van der Waals surface area contributed by atoms with Crippen molar-refractivity contribution in [2.24, 2.45) is 0 Å². The Labute approximate surface area is 139 Å². The number of rotatable bonds is 3. The van der Waals surface area contributed by atoms with E-state index >= 15 is 0 Å². The maximum absolute atomic E-state index is 12.4. The number of hydrogen-bond acceptors (Lipinski definition) is 3. The third kappa shape index (κ3) is 3.47. The molecule has 0 aromatic heterocycles. The van der Waals surface area contributed by atoms with Crippen molar-refractivity contribution in [2.75, 3.05) is 26.2 Å². The highest BCUT2D eigenvalue weighted by atomic mass is 35.5. The lowest BCUT2D eigenvalue weighted by Crippen LogP contribution is -2.46. The number of carbonyl (C=O) groups excluding carboxylic acids is 3. The Morgan fingerprint density at radius 3 is 2.65 bits per heavy atom. The van der Waals surface area contributed by atoms with Crippen LogP contribution in [-0.4, -0.2) is 53.8 Å². The quantitative estimate of drug-likeness (QED) is 0.853. The summed E-state index contributed by atoms with van der Waals surface area (Å²) < 4.78 is 0. The van der Waals surface area contributed by atoms with Crippen LogP contribution < -0.4 is 5.32 Å². The molecule has 23 heavy (non-hydrogen) atoms. The molecule has 7 heteroatoms. The molecule has 6 nitrogen and oxygen atoms in total. The third-order valence-electron chi connectivity index (χ3n) is 4.35. The average Bonchev–Trinajstić information content (AvgIpc) is 2.87. The van der Waals surface area contributed by atoms with E-state index in [0.717, 1.165) is 23.3 Å². The fourth-order valence-corrected chi connectivity index (χ4v) is 3.19. The maximum atomic E-state index is 12.4. The lowest BCUT2D eigenvalue weighted by atomic mass is 9.90. The first-order valence-corrected chi connectivity index (χ1v) is 8.04. The number of nitrogens with zero attached hydrogens (tertiary/aromatic N) is 2. The smallest absolute Gasteiger partial charge is 0.325 e. The molecule has 1 aromatic rings. The van der Waals surface area contributed by atoms with Crippen LogP contribution in [0.2, 0.25) is 5.02 Å². The first kappa shape index (κ1) is 15.8. The molecule has 1 N–H and O–H groups in total. The van der Waals surface area contributed by atoms with E-state index in [4.69, 9.17) is 11.6 Å². The number of nitrogens with one attached hydrogen (secondary N) is 1. The lowest BCUT2D eigenvalue weighted by molar-refractivity contribution is -0.137. The Kier molecular flexibility index (Phi) is 4.52. The normalized spacial score (nSPS) is 21.5. The summed E-state index contributed by atoms with van der Waals surface area (Å²) >= 11 is 5.91. The minimum Gasteiger partial charge on any atom is -0.341 e. The van der Waals surface area contributed by atoms with E-state index in [1.807, 2.05) is 24.3 Å². The van der Waals surface area contributed by atoms with E-state index in [1.165, 1.54) is 0 Å². The van der Waals surface area contributed by atoms with Crippen LogP contribution in [0.1, 0.15) is 24.3 Å². The predicted molar refractivity (Wildman–Crippen MR) is 85.1 cm³/mol. The molecule has 3 rings (SSSR count). The standard InChI is InChI=1S/C16H18ClN3O3/c17-13-5-3-11(4-6-13)12-2-1-7-19(9-12)15(22)10-20-14(21)8-18-16(20)23/h3-6,12H,1-2,7-10H2,(H,18,23)/t12-/m0/s1. The van der Waals surface area contributed by atoms with Gasteiger partial charge in [-0.1, -0.05) is 23.7 Å². The van der Waals surface area contributed by atoms with Crippen molar-refractivity contribution in [1.82, 2.24) is 15.1 Å². The van der Waals surface area contributed by atoms with Gasteiger partial charge in [-0.25, -0.2) is 4.79 Å². The van der Waals surface area contributed by atoms with Crippen LogP contribution >= 0.6 is 11.6 Å². The van der Waals surface area contributed by atoms with Crippen molar-refractivity contribution in [3.63, 3.8) is 0 Å². The topological polar surface area (TPSA) is 69.7 Å². The first-order valence-electron chi connectivity index (χ1n) is 7.66. The van der Waals surface area contributed by atoms with E-state index in [1.54, 1.807) is 4.90 Å². The Balaban J connectivity index is 1.63. The molecule has 2 saturated heterocycles. The molecule has 0 unspecified atom stereocenters. The predicted octanol–water partition coefficient (Wildman–Crippen LogP) is 1.60. The van der Waals surface area contributed by atoms with E-state index in [-0.39, 0.29) is 30.8 Å². The van der Waals surface area contributed by atoms with Crippen LogP contribution in [0.4, 0.5) is 4.79 Å². The number of urea groups is 1. The number of amides is 4. The van der Waals surface area contributed by atoms with Crippen molar-refractivity contribution in [1.29, 1.82) is 0 Å². The summed E-state index contributed by atoms with van der Waals surface area (Å²) in [6.07, 6.45) is 1.91. The van der Waals surface area contributed by atoms with Gasteiger partial charge in [0.15, 0.2) is 0 Å². The van der Waals surface area contributed by atoms with Gasteiger partial charge >= 0.3 is 6.03 Å². The zero-order valence-electron chi connectivity index (χ0n) is 12.6. The molecule has 4 amide bonds. The summed E-state index contributed by atoms with van der Waals surface area (Å²) in [5, 5.41) is 3.11. The number of hydrogen-bond donors (Lipinski definition) is 1. The van der Waals surface area contributed by atoms with Gasteiger partial charge in [0, 0.05) is 24.0 Å². The molecule has 122 valence electrons. The van der Waals surface area contributed by atoms with Crippen molar-refractivity contribution in [2.45, 2.75) is 18.8 Å². The van der Waals surface area contributed by atoms with Crippen LogP contribution in [0.25, 0.3) is 0 Å². The number of piperidine rings is 1. The van der Waals surface area contributed by atoms with Gasteiger partial charge in [-0.2, -0.15) is 0 Å². The molecular formula is C16H18ClN3O3. The SMILES string of the molecule is O=C(CN1C(=O)CNC1=O)N1CCC[C@H](c2ccc(Cl)cc2)C1. The van der Waals surface area contributed by atoms with Gasteiger partial charge in [0.2, 0.25) is 5.91 Å². The second-order valence-corrected chi connectivity index (χ2v) is 6.31. The van der Waals surface area contributed by atoms with Gasteiger partial charge in [0.05, 0.1) is 6.54 Å². The Bertz CT molecular complexity index is 616. The summed E-state index contributed by atoms with van der Waals surface area (Å²) in [5.74, 6) is -0.281. The third-order valence-corrected chi connectivity index (χ3v) is 4.60. The molecular weight excluding hydrogens is 318 g/mol. The van der Waals surface area contributed by atoms with E-state index in [0.29, 0.717) is 18.1 Å². The van der Waals surface area contributed by atoms with Crippen molar-refractivity contribution in [3.05, 3.63) is 34.9 Å². The summed E-state index contributed by atoms with van der Waals surface area (Å²) in [7, 11) is 0. The lowest BCUT2D eigenvalue weighted by Gasteiger charge is -2.33. The van der Waals surface area contributed by atoms with Gasteiger partial charge in [0.1, 0.15) is 6.54 Å². The fourth-order valence-electron chi connectivity index (χ4n) is 3.06. The molecule has 2 aliphatic rings. The van der Waals surface area contributed by atoms with Gasteiger partial charge in [-0.05, 0) is 30.5 Å². The fraction of sp³-hybridized carbons (Fsp3) is 0.438. The molecule has 2 aliphatic heterocycles. The monoisotopic (exact) mass is 335 g/mol. The van der Waals surface area contributed by atoms with Crippen LogP contribution in [0.5, 0.6) is 0 Å². The molecule has 0 radical (unpaired) electrons. The van der Waals surface area contributed by atoms with E-state index in [9.17, 15) is 14.4 Å². The molecule has 0 aliphatic carbocycles. The number of imide groups is 1. The average molecular weight is 336 g/mol. The summed E-state index contributed by atoms with van der Waals surface area (Å²) in [6.45, 7) is 1.05. The van der Waals surface area contributed by atoms with E-state index < -0.39 is 6.03 Å². The van der Waals surface area contributed by atoms with Crippen LogP contribution in [0, 0.1) is 0 Å². The van der Waals surface area contributed by atoms with Gasteiger partial charge in [-0.15, -0.1) is 0 Å². The zero-order chi connectivity index (χ0) is 16.4. The zero-order valence-corrected chi connectivity index (χ0v) is 13.4. The minimum absolute atomic E-state index is 0.0283. The first-order chi connectivity index (χ1) is 11.0. The number of halogens is 1. The summed E-state index contributed by atoms with van der Waals surface area (Å²) in [6, 6.07) is 7.18. The Morgan fingerprint density at radius 2 is 2.00 bits per heavy atom. The molecule has 2 fully saturated rings. The highest BCUT2D eigenvalue weighted by Gasteiger charge is 2.33. The van der Waals surface area contributed by atoms with E-state index in [2.05, 4.69) is 5.32 Å². The largest absolute Gasteiger partial charge is 0.341 e. The number of likely N-dealkylation sites (tertiary alicyclic amines) is 1. The molecule has 1 atom stereocenters. The Hall–Kier alpha value is -2.08. The minimum atomic E-state index is -0.491. The van der Waals surface area contributed by atoms with Crippen LogP contribution in [0.15, 0.2) is 24.3 Å². The van der Waals surface area contributed by atoms with Crippen molar-refractivity contribution >= 4 is 29.4 Å². The molecule has 0 spiro atoms. The van der Waals surface area contributed by atoms with Crippen molar-refractivity contribution in [3.8, 4) is 0 Å². The maximum Gasteiger partial charge on any atom is 0.325 e. The van der Waals surface area contributed by atoms with Crippen LogP contribution in [0.3, 0.4) is 0 Å². The molecule has 0 saturated carbocycles. The van der Waals surface area contributed by atoms with Gasteiger partial charge in [-0.3, -0.25) is 14.5 Å². The molecule has 1 aromatic carbocycles. The number of benzene rings is 1. The second kappa shape index (κ2) is 6.58. The van der Waals surface area contributed by atoms with Crippen molar-refractivity contribution < 1.29 is 14.4 Å². The molecule has 2 heterocycles. The highest BCUT2D eigenvalue weighted by molar-refractivity contribution is 6.30. The van der Waals surface area contributed by atoms with Gasteiger partial charge in [0.25, 0.3) is 5.91 Å². The number of carbonyl (C=O) groups is 3. The Morgan fingerprint density at radius 1 is 1.26 bits per heavy atom. The van der Waals surface area contributed by atoms with Gasteiger partial charge < -0.3 is 10.2 Å². The highest BCUT2D eigenvalue weighted by Crippen LogP contribution is 2.28. The second-order valence-electron chi connectivity index (χ2n) is 5.87. The van der Waals surface area contributed by atoms with Crippen LogP contribution in [-0.2, 0) is 9.59 Å². The summed E-state index contributed by atoms with van der Waals surface area (Å²) in [4.78, 5) is 38.2. The molecule has 0 bridgehead atoms.